The number of benzene rings is 1. The van der Waals surface area contributed by atoms with Crippen LogP contribution in [0.2, 0.25) is 0 Å². The molecule has 136 valence electrons. The summed E-state index contributed by atoms with van der Waals surface area (Å²) < 4.78 is 67.2. The van der Waals surface area contributed by atoms with Gasteiger partial charge in [-0.15, -0.1) is 0 Å². The third-order valence-corrected chi connectivity index (χ3v) is 3.39. The number of ether oxygens (including phenoxy) is 3. The van der Waals surface area contributed by atoms with Gasteiger partial charge in [0, 0.05) is 0 Å². The molecule has 0 spiro atoms. The molecule has 1 heterocycles. The van der Waals surface area contributed by atoms with Crippen LogP contribution >= 0.6 is 0 Å². The number of anilines is 1. The van der Waals surface area contributed by atoms with E-state index in [2.05, 4.69) is 9.47 Å². The van der Waals surface area contributed by atoms with Crippen LogP contribution in [0.1, 0.15) is 5.56 Å². The fourth-order valence-corrected chi connectivity index (χ4v) is 2.30. The van der Waals surface area contributed by atoms with Gasteiger partial charge in [-0.25, -0.2) is 14.0 Å². The fraction of sp³-hybridized carbons (Fsp3) is 0.333. The summed E-state index contributed by atoms with van der Waals surface area (Å²) in [5, 5.41) is 0. The van der Waals surface area contributed by atoms with Crippen molar-refractivity contribution in [3.8, 4) is 0 Å². The number of esters is 2. The minimum absolute atomic E-state index is 0.288. The zero-order chi connectivity index (χ0) is 18.8. The molecule has 25 heavy (non-hydrogen) atoms. The molecule has 1 aliphatic rings. The van der Waals surface area contributed by atoms with Gasteiger partial charge in [0.2, 0.25) is 0 Å². The molecule has 10 heteroatoms. The smallest absolute Gasteiger partial charge is 0.418 e. The standard InChI is InChI=1S/C15H13F4NO5/c1-23-13(21)9-6-25-7-20(12(9)14(22)24-2)11-4-3-8(16)5-10(11)15(17,18)19/h3-5H,6-7H2,1-2H3. The van der Waals surface area contributed by atoms with Gasteiger partial charge < -0.3 is 19.1 Å². The highest BCUT2D eigenvalue weighted by atomic mass is 19.4. The zero-order valence-corrected chi connectivity index (χ0v) is 13.1. The largest absolute Gasteiger partial charge is 0.466 e. The minimum atomic E-state index is -4.90. The molecule has 0 saturated carbocycles. The maximum absolute atomic E-state index is 13.3. The summed E-state index contributed by atoms with van der Waals surface area (Å²) in [6, 6.07) is 1.92. The summed E-state index contributed by atoms with van der Waals surface area (Å²) >= 11 is 0. The zero-order valence-electron chi connectivity index (χ0n) is 13.1. The fourth-order valence-electron chi connectivity index (χ4n) is 2.30. The van der Waals surface area contributed by atoms with Gasteiger partial charge in [0.1, 0.15) is 18.2 Å². The lowest BCUT2D eigenvalue weighted by molar-refractivity contribution is -0.141. The molecule has 0 aromatic heterocycles. The van der Waals surface area contributed by atoms with E-state index in [-0.39, 0.29) is 18.2 Å². The third-order valence-electron chi connectivity index (χ3n) is 3.39. The van der Waals surface area contributed by atoms with Crippen molar-refractivity contribution in [1.29, 1.82) is 0 Å². The van der Waals surface area contributed by atoms with Crippen molar-refractivity contribution in [2.24, 2.45) is 0 Å². The molecule has 2 rings (SSSR count). The Morgan fingerprint density at radius 3 is 2.36 bits per heavy atom. The lowest BCUT2D eigenvalue weighted by atomic mass is 10.1. The molecule has 0 amide bonds. The van der Waals surface area contributed by atoms with E-state index in [1.807, 2.05) is 0 Å². The molecule has 0 bridgehead atoms. The Morgan fingerprint density at radius 2 is 1.80 bits per heavy atom. The first kappa shape index (κ1) is 18.7. The quantitative estimate of drug-likeness (QED) is 0.606. The molecule has 0 radical (unpaired) electrons. The lowest BCUT2D eigenvalue weighted by Gasteiger charge is -2.32. The van der Waals surface area contributed by atoms with Crippen LogP contribution in [-0.2, 0) is 30.0 Å². The van der Waals surface area contributed by atoms with Crippen molar-refractivity contribution in [3.05, 3.63) is 40.8 Å². The van der Waals surface area contributed by atoms with Crippen molar-refractivity contribution >= 4 is 17.6 Å². The Bertz CT molecular complexity index is 729. The van der Waals surface area contributed by atoms with Gasteiger partial charge in [-0.3, -0.25) is 0 Å². The second-order valence-corrected chi connectivity index (χ2v) is 4.88. The Hall–Kier alpha value is -2.62. The van der Waals surface area contributed by atoms with Gasteiger partial charge in [0.15, 0.2) is 0 Å². The number of rotatable bonds is 3. The Kier molecular flexibility index (Phi) is 5.31. The van der Waals surface area contributed by atoms with Crippen LogP contribution in [0.25, 0.3) is 0 Å². The predicted octanol–water partition coefficient (Wildman–Crippen LogP) is 2.24. The summed E-state index contributed by atoms with van der Waals surface area (Å²) in [6.07, 6.45) is -4.90. The molecule has 0 N–H and O–H groups in total. The van der Waals surface area contributed by atoms with Gasteiger partial charge in [-0.05, 0) is 18.2 Å². The molecule has 6 nitrogen and oxygen atoms in total. The van der Waals surface area contributed by atoms with Crippen molar-refractivity contribution in [2.75, 3.05) is 32.5 Å². The molecule has 1 aliphatic heterocycles. The number of methoxy groups -OCH3 is 2. The Morgan fingerprint density at radius 1 is 1.16 bits per heavy atom. The molecule has 0 fully saturated rings. The monoisotopic (exact) mass is 363 g/mol. The molecule has 0 saturated heterocycles. The average molecular weight is 363 g/mol. The number of hydrogen-bond acceptors (Lipinski definition) is 6. The van der Waals surface area contributed by atoms with Crippen LogP contribution in [0.15, 0.2) is 29.5 Å². The molecular formula is C15H13F4NO5. The molecule has 1 aromatic carbocycles. The van der Waals surface area contributed by atoms with Crippen LogP contribution in [0.4, 0.5) is 23.2 Å². The van der Waals surface area contributed by atoms with E-state index in [1.165, 1.54) is 0 Å². The highest BCUT2D eigenvalue weighted by Gasteiger charge is 2.39. The third kappa shape index (κ3) is 3.73. The van der Waals surface area contributed by atoms with Crippen LogP contribution in [0.5, 0.6) is 0 Å². The summed E-state index contributed by atoms with van der Waals surface area (Å²) in [5.74, 6) is -3.12. The maximum Gasteiger partial charge on any atom is 0.418 e. The lowest BCUT2D eigenvalue weighted by Crippen LogP contribution is -2.39. The summed E-state index contributed by atoms with van der Waals surface area (Å²) in [4.78, 5) is 24.7. The summed E-state index contributed by atoms with van der Waals surface area (Å²) in [6.45, 7) is -0.824. The van der Waals surface area contributed by atoms with Crippen LogP contribution in [0.3, 0.4) is 0 Å². The normalized spacial score (nSPS) is 15.2. The van der Waals surface area contributed by atoms with Gasteiger partial charge in [-0.2, -0.15) is 13.2 Å². The van der Waals surface area contributed by atoms with E-state index in [0.29, 0.717) is 0 Å². The molecule has 1 aromatic rings. The van der Waals surface area contributed by atoms with Crippen molar-refractivity contribution in [3.63, 3.8) is 0 Å². The van der Waals surface area contributed by atoms with E-state index in [4.69, 9.17) is 4.74 Å². The first-order chi connectivity index (χ1) is 11.7. The maximum atomic E-state index is 13.3. The SMILES string of the molecule is COC(=O)C1=C(C(=O)OC)N(c2ccc(F)cc2C(F)(F)F)COC1. The summed E-state index contributed by atoms with van der Waals surface area (Å²) in [5.41, 5.74) is -2.66. The number of hydrogen-bond donors (Lipinski definition) is 0. The number of carbonyl (C=O) groups is 2. The van der Waals surface area contributed by atoms with Crippen LogP contribution in [0, 0.1) is 5.82 Å². The van der Waals surface area contributed by atoms with E-state index in [0.717, 1.165) is 31.3 Å². The van der Waals surface area contributed by atoms with Crippen molar-refractivity contribution in [1.82, 2.24) is 0 Å². The van der Waals surface area contributed by atoms with E-state index in [1.54, 1.807) is 0 Å². The predicted molar refractivity (Wildman–Crippen MR) is 75.8 cm³/mol. The first-order valence-electron chi connectivity index (χ1n) is 6.82. The first-order valence-corrected chi connectivity index (χ1v) is 6.82. The van der Waals surface area contributed by atoms with Gasteiger partial charge in [0.25, 0.3) is 0 Å². The number of nitrogens with zero attached hydrogens (tertiary/aromatic N) is 1. The molecule has 0 atom stereocenters. The van der Waals surface area contributed by atoms with Gasteiger partial charge in [0.05, 0.1) is 37.7 Å². The highest BCUT2D eigenvalue weighted by Crippen LogP contribution is 2.39. The Balaban J connectivity index is 2.68. The van der Waals surface area contributed by atoms with E-state index >= 15 is 0 Å². The van der Waals surface area contributed by atoms with Crippen LogP contribution in [-0.4, -0.2) is 39.5 Å². The number of carbonyl (C=O) groups excluding carboxylic acids is 2. The van der Waals surface area contributed by atoms with E-state index in [9.17, 15) is 27.2 Å². The van der Waals surface area contributed by atoms with E-state index < -0.39 is 47.6 Å². The van der Waals surface area contributed by atoms with Crippen LogP contribution < -0.4 is 4.90 Å². The molecular weight excluding hydrogens is 350 g/mol. The second-order valence-electron chi connectivity index (χ2n) is 4.88. The highest BCUT2D eigenvalue weighted by molar-refractivity contribution is 6.03. The van der Waals surface area contributed by atoms with Crippen molar-refractivity contribution in [2.45, 2.75) is 6.18 Å². The van der Waals surface area contributed by atoms with Gasteiger partial charge in [-0.1, -0.05) is 0 Å². The number of alkyl halides is 3. The Labute approximate surface area is 139 Å². The number of halogens is 4. The topological polar surface area (TPSA) is 65.1 Å². The van der Waals surface area contributed by atoms with Gasteiger partial charge >= 0.3 is 18.1 Å². The second kappa shape index (κ2) is 7.09. The van der Waals surface area contributed by atoms with Crippen molar-refractivity contribution < 1.29 is 41.4 Å². The minimum Gasteiger partial charge on any atom is -0.466 e. The molecule has 0 unspecified atom stereocenters. The molecule has 0 aliphatic carbocycles. The average Bonchev–Trinajstić information content (AvgIpc) is 2.58. The summed E-state index contributed by atoms with van der Waals surface area (Å²) in [7, 11) is 2.05.